The van der Waals surface area contributed by atoms with Crippen LogP contribution in [0, 0.1) is 29.6 Å². The molecule has 2 nitrogen and oxygen atoms in total. The van der Waals surface area contributed by atoms with Crippen LogP contribution >= 0.6 is 0 Å². The van der Waals surface area contributed by atoms with Gasteiger partial charge in [-0.15, -0.1) is 0 Å². The molecule has 0 atom stereocenters. The zero-order chi connectivity index (χ0) is 11.9. The van der Waals surface area contributed by atoms with Crippen LogP contribution in [0.3, 0.4) is 0 Å². The van der Waals surface area contributed by atoms with Gasteiger partial charge in [0.05, 0.1) is 0 Å². The minimum Gasteiger partial charge on any atom is -0.400 e. The Kier molecular flexibility index (Phi) is 15.6. The number of hydrogen-bond acceptors (Lipinski definition) is 2. The van der Waals surface area contributed by atoms with Crippen molar-refractivity contribution in [3.05, 3.63) is 0 Å². The Morgan fingerprint density at radius 1 is 0.467 bits per heavy atom. The molecule has 0 spiro atoms. The average Bonchev–Trinajstić information content (AvgIpc) is 2.42. The Labute approximate surface area is 110 Å². The molecule has 2 N–H and O–H groups in total. The Hall–Kier alpha value is 0.634. The van der Waals surface area contributed by atoms with Gasteiger partial charge < -0.3 is 10.2 Å². The molecule has 0 amide bonds. The number of hydrogen-bond donors (Lipinski definition) is 2. The molecule has 0 saturated heterocycles. The maximum absolute atomic E-state index is 7.00. The standard InChI is InChI=1S/C10H20.2CH4O.Ti/c1-6-7(2)9(4)10(5)8(6)3;2*1-2;/h6-10H,1-5H3;2*2H,1H3;. The molecule has 1 fully saturated rings. The molecule has 92 valence electrons. The maximum Gasteiger partial charge on any atom is 0.0319 e. The Morgan fingerprint density at radius 2 is 0.533 bits per heavy atom. The molecule has 0 unspecified atom stereocenters. The number of rotatable bonds is 0. The summed E-state index contributed by atoms with van der Waals surface area (Å²) in [5.74, 6) is 4.68. The predicted molar refractivity (Wildman–Crippen MR) is 62.1 cm³/mol. The third kappa shape index (κ3) is 5.49. The molecule has 15 heavy (non-hydrogen) atoms. The first-order valence-electron chi connectivity index (χ1n) is 5.45. The topological polar surface area (TPSA) is 40.5 Å². The van der Waals surface area contributed by atoms with Crippen LogP contribution < -0.4 is 0 Å². The summed E-state index contributed by atoms with van der Waals surface area (Å²) in [6.45, 7) is 12.0. The van der Waals surface area contributed by atoms with Gasteiger partial charge in [-0.1, -0.05) is 34.6 Å². The molecule has 0 bridgehead atoms. The normalized spacial score (nSPS) is 37.8. The van der Waals surface area contributed by atoms with Gasteiger partial charge in [0.2, 0.25) is 0 Å². The third-order valence-electron chi connectivity index (χ3n) is 4.15. The molecule has 0 heterocycles. The van der Waals surface area contributed by atoms with Crippen LogP contribution in [0.2, 0.25) is 0 Å². The van der Waals surface area contributed by atoms with Gasteiger partial charge in [-0.3, -0.25) is 0 Å². The van der Waals surface area contributed by atoms with Crippen LogP contribution in [0.15, 0.2) is 0 Å². The third-order valence-corrected chi connectivity index (χ3v) is 4.15. The van der Waals surface area contributed by atoms with E-state index >= 15 is 0 Å². The molecule has 1 aliphatic rings. The van der Waals surface area contributed by atoms with Crippen molar-refractivity contribution in [2.24, 2.45) is 29.6 Å². The molecule has 1 saturated carbocycles. The molecule has 3 heteroatoms. The Balaban J connectivity index is -0.000000258. The first kappa shape index (κ1) is 21.0. The van der Waals surface area contributed by atoms with E-state index < -0.39 is 0 Å². The van der Waals surface area contributed by atoms with Crippen LogP contribution in [0.4, 0.5) is 0 Å². The van der Waals surface area contributed by atoms with E-state index in [0.29, 0.717) is 0 Å². The van der Waals surface area contributed by atoms with Gasteiger partial charge in [0.15, 0.2) is 0 Å². The van der Waals surface area contributed by atoms with Crippen molar-refractivity contribution in [1.82, 2.24) is 0 Å². The SMILES string of the molecule is CC1C(C)C(C)C(C)C1C.CO.CO.[Ti]. The summed E-state index contributed by atoms with van der Waals surface area (Å²) in [6, 6.07) is 0. The largest absolute Gasteiger partial charge is 0.400 e. The summed E-state index contributed by atoms with van der Waals surface area (Å²) in [4.78, 5) is 0. The second kappa shape index (κ2) is 11.1. The van der Waals surface area contributed by atoms with E-state index in [1.165, 1.54) is 0 Å². The zero-order valence-electron chi connectivity index (χ0n) is 11.3. The smallest absolute Gasteiger partial charge is 0.0319 e. The van der Waals surface area contributed by atoms with E-state index in [0.717, 1.165) is 43.8 Å². The van der Waals surface area contributed by atoms with Gasteiger partial charge >= 0.3 is 0 Å². The Morgan fingerprint density at radius 3 is 0.600 bits per heavy atom. The molecule has 0 aromatic rings. The van der Waals surface area contributed by atoms with Gasteiger partial charge in [-0.25, -0.2) is 0 Å². The van der Waals surface area contributed by atoms with Crippen LogP contribution in [-0.2, 0) is 21.7 Å². The van der Waals surface area contributed by atoms with Crippen molar-refractivity contribution in [2.75, 3.05) is 14.2 Å². The van der Waals surface area contributed by atoms with E-state index in [1.54, 1.807) is 0 Å². The van der Waals surface area contributed by atoms with Crippen LogP contribution in [0.25, 0.3) is 0 Å². The minimum atomic E-state index is 0. The second-order valence-electron chi connectivity index (χ2n) is 4.30. The Bertz CT molecular complexity index is 86.0. The van der Waals surface area contributed by atoms with Gasteiger partial charge in [-0.05, 0) is 29.6 Å². The van der Waals surface area contributed by atoms with Crippen molar-refractivity contribution in [2.45, 2.75) is 34.6 Å². The van der Waals surface area contributed by atoms with E-state index in [1.807, 2.05) is 0 Å². The second-order valence-corrected chi connectivity index (χ2v) is 4.30. The van der Waals surface area contributed by atoms with Crippen molar-refractivity contribution < 1.29 is 31.9 Å². The maximum atomic E-state index is 7.00. The molecular formula is C12H28O2Ti. The van der Waals surface area contributed by atoms with Gasteiger partial charge in [-0.2, -0.15) is 0 Å². The molecule has 1 aliphatic carbocycles. The fourth-order valence-electron chi connectivity index (χ4n) is 2.39. The fraction of sp³-hybridized carbons (Fsp3) is 1.00. The van der Waals surface area contributed by atoms with Crippen LogP contribution in [0.1, 0.15) is 34.6 Å². The van der Waals surface area contributed by atoms with Gasteiger partial charge in [0.25, 0.3) is 0 Å². The molecule has 0 radical (unpaired) electrons. The molecular weight excluding hydrogens is 224 g/mol. The first-order valence-corrected chi connectivity index (χ1v) is 5.45. The van der Waals surface area contributed by atoms with Gasteiger partial charge in [0, 0.05) is 35.9 Å². The van der Waals surface area contributed by atoms with Crippen molar-refractivity contribution in [1.29, 1.82) is 0 Å². The molecule has 1 rings (SSSR count). The number of aliphatic hydroxyl groups is 2. The van der Waals surface area contributed by atoms with E-state index in [4.69, 9.17) is 10.2 Å². The quantitative estimate of drug-likeness (QED) is 0.650. The van der Waals surface area contributed by atoms with Crippen molar-refractivity contribution in [3.8, 4) is 0 Å². The fourth-order valence-corrected chi connectivity index (χ4v) is 2.39. The summed E-state index contributed by atoms with van der Waals surface area (Å²) in [5, 5.41) is 14.0. The molecule has 0 aromatic carbocycles. The van der Waals surface area contributed by atoms with E-state index in [-0.39, 0.29) is 21.7 Å². The van der Waals surface area contributed by atoms with Gasteiger partial charge in [0.1, 0.15) is 0 Å². The molecule has 0 aromatic heterocycles. The zero-order valence-corrected chi connectivity index (χ0v) is 12.8. The van der Waals surface area contributed by atoms with Crippen molar-refractivity contribution >= 4 is 0 Å². The number of aliphatic hydroxyl groups excluding tert-OH is 2. The summed E-state index contributed by atoms with van der Waals surface area (Å²) in [7, 11) is 2.00. The molecule has 0 aliphatic heterocycles. The summed E-state index contributed by atoms with van der Waals surface area (Å²) in [5.41, 5.74) is 0. The summed E-state index contributed by atoms with van der Waals surface area (Å²) in [6.07, 6.45) is 0. The predicted octanol–water partition coefficient (Wildman–Crippen LogP) is 2.40. The summed E-state index contributed by atoms with van der Waals surface area (Å²) < 4.78 is 0. The van der Waals surface area contributed by atoms with Crippen LogP contribution in [-0.4, -0.2) is 24.4 Å². The van der Waals surface area contributed by atoms with E-state index in [2.05, 4.69) is 34.6 Å². The van der Waals surface area contributed by atoms with E-state index in [9.17, 15) is 0 Å². The monoisotopic (exact) mass is 252 g/mol. The minimum absolute atomic E-state index is 0. The van der Waals surface area contributed by atoms with Crippen LogP contribution in [0.5, 0.6) is 0 Å². The van der Waals surface area contributed by atoms with Crippen molar-refractivity contribution in [3.63, 3.8) is 0 Å². The summed E-state index contributed by atoms with van der Waals surface area (Å²) >= 11 is 0. The first-order chi connectivity index (χ1) is 6.55. The average molecular weight is 252 g/mol.